The number of hydrazone groups is 1. The van der Waals surface area contributed by atoms with E-state index in [9.17, 15) is 8.78 Å². The highest BCUT2D eigenvalue weighted by Gasteiger charge is 2.25. The smallest absolute Gasteiger partial charge is 0.316 e. The highest BCUT2D eigenvalue weighted by molar-refractivity contribution is 6.32. The van der Waals surface area contributed by atoms with Gasteiger partial charge in [0.15, 0.2) is 0 Å². The fourth-order valence-corrected chi connectivity index (χ4v) is 2.40. The van der Waals surface area contributed by atoms with Crippen LogP contribution in [0, 0.1) is 0 Å². The Morgan fingerprint density at radius 1 is 1.38 bits per heavy atom. The summed E-state index contributed by atoms with van der Waals surface area (Å²) in [7, 11) is 0. The zero-order valence-electron chi connectivity index (χ0n) is 13.6. The Morgan fingerprint density at radius 2 is 2.19 bits per heavy atom. The zero-order chi connectivity index (χ0) is 18.5. The van der Waals surface area contributed by atoms with Gasteiger partial charge in [-0.05, 0) is 37.1 Å². The highest BCUT2D eigenvalue weighted by atomic mass is 35.5. The van der Waals surface area contributed by atoms with E-state index in [1.165, 1.54) is 24.4 Å². The fourth-order valence-electron chi connectivity index (χ4n) is 2.20. The van der Waals surface area contributed by atoms with Crippen LogP contribution in [0.25, 0.3) is 0 Å². The van der Waals surface area contributed by atoms with Gasteiger partial charge in [-0.3, -0.25) is 4.99 Å². The minimum atomic E-state index is -2.68. The molecule has 2 N–H and O–H groups in total. The zero-order valence-corrected chi connectivity index (χ0v) is 14.4. The molecule has 0 spiro atoms. The van der Waals surface area contributed by atoms with Crippen molar-refractivity contribution >= 4 is 29.2 Å². The summed E-state index contributed by atoms with van der Waals surface area (Å²) in [4.78, 5) is 12.5. The van der Waals surface area contributed by atoms with E-state index in [-0.39, 0.29) is 23.2 Å². The summed E-state index contributed by atoms with van der Waals surface area (Å²) >= 11 is 5.73. The van der Waals surface area contributed by atoms with Crippen molar-refractivity contribution in [2.45, 2.75) is 25.2 Å². The molecule has 0 aliphatic heterocycles. The summed E-state index contributed by atoms with van der Waals surface area (Å²) in [5.74, 6) is 5.81. The molecule has 1 aliphatic carbocycles. The molecule has 1 fully saturated rings. The standard InChI is InChI=1S/C17H16ClF2N5O/c18-14-4-3-11(7-13(14)16(19)20)23-8-12(25-21)9-26-17-22-6-5-15(24-17)10-1-2-10/h3-8,10,16H,1-2,9,21H2. The summed E-state index contributed by atoms with van der Waals surface area (Å²) in [6, 6.07) is 6.19. The molecular formula is C17H16ClF2N5O. The lowest BCUT2D eigenvalue weighted by atomic mass is 10.2. The second-order valence-corrected chi connectivity index (χ2v) is 6.12. The average molecular weight is 380 g/mol. The summed E-state index contributed by atoms with van der Waals surface area (Å²) < 4.78 is 31.2. The van der Waals surface area contributed by atoms with Gasteiger partial charge in [-0.2, -0.15) is 10.1 Å². The van der Waals surface area contributed by atoms with Gasteiger partial charge in [-0.15, -0.1) is 0 Å². The average Bonchev–Trinajstić information content (AvgIpc) is 3.48. The third-order valence-corrected chi connectivity index (χ3v) is 4.09. The lowest BCUT2D eigenvalue weighted by Gasteiger charge is -2.05. The van der Waals surface area contributed by atoms with Crippen LogP contribution in [0.2, 0.25) is 5.02 Å². The van der Waals surface area contributed by atoms with Crippen molar-refractivity contribution in [1.82, 2.24) is 9.97 Å². The second kappa shape index (κ2) is 8.18. The molecule has 0 bridgehead atoms. The number of nitrogens with two attached hydrogens (primary N) is 1. The Hall–Kier alpha value is -2.61. The number of hydrogen-bond donors (Lipinski definition) is 1. The predicted molar refractivity (Wildman–Crippen MR) is 95.7 cm³/mol. The maximum atomic E-state index is 12.9. The lowest BCUT2D eigenvalue weighted by molar-refractivity contribution is 0.151. The van der Waals surface area contributed by atoms with Crippen LogP contribution in [0.5, 0.6) is 6.01 Å². The molecule has 26 heavy (non-hydrogen) atoms. The first-order valence-electron chi connectivity index (χ1n) is 7.91. The van der Waals surface area contributed by atoms with Gasteiger partial charge >= 0.3 is 6.01 Å². The van der Waals surface area contributed by atoms with Crippen molar-refractivity contribution in [2.75, 3.05) is 6.61 Å². The van der Waals surface area contributed by atoms with Crippen LogP contribution in [-0.4, -0.2) is 28.5 Å². The SMILES string of the molecule is NN=C(C=Nc1ccc(Cl)c(C(F)F)c1)COc1nccc(C2CC2)n1. The van der Waals surface area contributed by atoms with Gasteiger partial charge in [0.05, 0.1) is 17.6 Å². The first kappa shape index (κ1) is 18.2. The number of ether oxygens (including phenoxy) is 1. The molecule has 0 amide bonds. The van der Waals surface area contributed by atoms with Gasteiger partial charge in [-0.1, -0.05) is 11.6 Å². The lowest BCUT2D eigenvalue weighted by Crippen LogP contribution is -2.16. The molecule has 9 heteroatoms. The Bertz CT molecular complexity index is 840. The number of nitrogens with zero attached hydrogens (tertiary/aromatic N) is 4. The summed E-state index contributed by atoms with van der Waals surface area (Å²) in [6.45, 7) is 0.00339. The van der Waals surface area contributed by atoms with E-state index >= 15 is 0 Å². The Kier molecular flexibility index (Phi) is 5.72. The minimum Gasteiger partial charge on any atom is -0.457 e. The fraction of sp³-hybridized carbons (Fsp3) is 0.294. The molecule has 0 unspecified atom stereocenters. The number of aromatic nitrogens is 2. The summed E-state index contributed by atoms with van der Waals surface area (Å²) in [5, 5.41) is 3.56. The van der Waals surface area contributed by atoms with Crippen LogP contribution < -0.4 is 10.6 Å². The topological polar surface area (TPSA) is 85.8 Å². The Balaban J connectivity index is 1.63. The van der Waals surface area contributed by atoms with E-state index in [4.69, 9.17) is 22.2 Å². The maximum Gasteiger partial charge on any atom is 0.316 e. The number of benzene rings is 1. The molecule has 136 valence electrons. The summed E-state index contributed by atoms with van der Waals surface area (Å²) in [5.41, 5.74) is 1.28. The normalized spacial score (nSPS) is 15.0. The van der Waals surface area contributed by atoms with E-state index < -0.39 is 6.43 Å². The van der Waals surface area contributed by atoms with Crippen molar-refractivity contribution in [3.8, 4) is 6.01 Å². The molecule has 2 aromatic rings. The van der Waals surface area contributed by atoms with Crippen molar-refractivity contribution in [1.29, 1.82) is 0 Å². The summed E-state index contributed by atoms with van der Waals surface area (Å²) in [6.07, 6.45) is 2.55. The van der Waals surface area contributed by atoms with Crippen LogP contribution in [0.1, 0.15) is 36.4 Å². The molecule has 0 atom stereocenters. The highest BCUT2D eigenvalue weighted by Crippen LogP contribution is 2.39. The molecule has 1 aliphatic rings. The van der Waals surface area contributed by atoms with E-state index in [0.29, 0.717) is 17.3 Å². The molecule has 3 rings (SSSR count). The Labute approximate surface area is 153 Å². The van der Waals surface area contributed by atoms with E-state index in [1.807, 2.05) is 6.07 Å². The van der Waals surface area contributed by atoms with Crippen LogP contribution in [0.4, 0.5) is 14.5 Å². The first-order valence-corrected chi connectivity index (χ1v) is 8.28. The number of rotatable bonds is 7. The van der Waals surface area contributed by atoms with Gasteiger partial charge in [-0.25, -0.2) is 13.8 Å². The van der Waals surface area contributed by atoms with Crippen LogP contribution >= 0.6 is 11.6 Å². The van der Waals surface area contributed by atoms with E-state index in [1.54, 1.807) is 6.20 Å². The minimum absolute atomic E-state index is 0.00339. The van der Waals surface area contributed by atoms with E-state index in [0.717, 1.165) is 18.5 Å². The molecule has 1 aromatic carbocycles. The number of alkyl halides is 2. The van der Waals surface area contributed by atoms with Gasteiger partial charge in [0, 0.05) is 22.7 Å². The van der Waals surface area contributed by atoms with Crippen LogP contribution in [0.15, 0.2) is 40.6 Å². The van der Waals surface area contributed by atoms with Crippen molar-refractivity contribution in [2.24, 2.45) is 15.9 Å². The Morgan fingerprint density at radius 3 is 2.88 bits per heavy atom. The molecule has 1 aromatic heterocycles. The van der Waals surface area contributed by atoms with E-state index in [2.05, 4.69) is 20.1 Å². The van der Waals surface area contributed by atoms with Crippen molar-refractivity contribution in [3.63, 3.8) is 0 Å². The third kappa shape index (κ3) is 4.72. The molecule has 6 nitrogen and oxygen atoms in total. The number of halogens is 3. The van der Waals surface area contributed by atoms with Gasteiger partial charge in [0.2, 0.25) is 0 Å². The van der Waals surface area contributed by atoms with Crippen molar-refractivity contribution < 1.29 is 13.5 Å². The number of aliphatic imine (C=N–C) groups is 1. The molecule has 1 heterocycles. The predicted octanol–water partition coefficient (Wildman–Crippen LogP) is 4.04. The van der Waals surface area contributed by atoms with Crippen LogP contribution in [0.3, 0.4) is 0 Å². The monoisotopic (exact) mass is 379 g/mol. The number of hydrogen-bond acceptors (Lipinski definition) is 6. The second-order valence-electron chi connectivity index (χ2n) is 5.71. The van der Waals surface area contributed by atoms with Crippen molar-refractivity contribution in [3.05, 3.63) is 46.7 Å². The van der Waals surface area contributed by atoms with Gasteiger partial charge in [0.1, 0.15) is 12.3 Å². The van der Waals surface area contributed by atoms with Crippen LogP contribution in [-0.2, 0) is 0 Å². The maximum absolute atomic E-state index is 12.9. The molecule has 1 saturated carbocycles. The third-order valence-electron chi connectivity index (χ3n) is 3.74. The largest absolute Gasteiger partial charge is 0.457 e. The first-order chi connectivity index (χ1) is 12.6. The molecule has 0 radical (unpaired) electrons. The molecular weight excluding hydrogens is 364 g/mol. The van der Waals surface area contributed by atoms with Gasteiger partial charge < -0.3 is 10.6 Å². The quantitative estimate of drug-likeness (QED) is 0.447. The molecule has 0 saturated heterocycles. The van der Waals surface area contributed by atoms with Gasteiger partial charge in [0.25, 0.3) is 6.43 Å².